The number of carbonyl (C=O) groups excluding carboxylic acids is 1. The molecule has 244 valence electrons. The summed E-state index contributed by atoms with van der Waals surface area (Å²) in [6, 6.07) is 30.5. The van der Waals surface area contributed by atoms with Crippen LogP contribution in [0.1, 0.15) is 52.5 Å². The maximum Gasteiger partial charge on any atom is 0.307 e. The molecular weight excluding hydrogens is 623 g/mol. The van der Waals surface area contributed by atoms with Crippen LogP contribution in [0.3, 0.4) is 0 Å². The van der Waals surface area contributed by atoms with Crippen molar-refractivity contribution in [3.63, 3.8) is 0 Å². The summed E-state index contributed by atoms with van der Waals surface area (Å²) in [5.41, 5.74) is 6.02. The number of carboxylic acid groups (broad SMARTS) is 1. The number of aliphatic carboxylic acids is 1. The van der Waals surface area contributed by atoms with Crippen molar-refractivity contribution in [3.8, 4) is 11.1 Å². The first-order valence-electron chi connectivity index (χ1n) is 16.0. The third-order valence-corrected chi connectivity index (χ3v) is 9.24. The van der Waals surface area contributed by atoms with Crippen molar-refractivity contribution in [2.75, 3.05) is 28.6 Å². The van der Waals surface area contributed by atoms with Gasteiger partial charge in [-0.05, 0) is 78.4 Å². The first kappa shape index (κ1) is 32.7. The van der Waals surface area contributed by atoms with E-state index >= 15 is 0 Å². The van der Waals surface area contributed by atoms with E-state index in [2.05, 4.69) is 25.5 Å². The zero-order valence-corrected chi connectivity index (χ0v) is 27.2. The smallest absolute Gasteiger partial charge is 0.307 e. The zero-order valence-electron chi connectivity index (χ0n) is 26.4. The largest absolute Gasteiger partial charge is 0.481 e. The summed E-state index contributed by atoms with van der Waals surface area (Å²) in [6.07, 6.45) is 5.63. The minimum absolute atomic E-state index is 0.0250. The molecule has 1 aromatic heterocycles. The Kier molecular flexibility index (Phi) is 10.6. The SMILES string of the molecule is O=C(O)Cc1cccc(SCc2cccc(C(=O)Nc3ccc(N4CCCCC4)cc3C(O)Nc3ncc(-c4ccccc4)cn3)c2)c1. The lowest BCUT2D eigenvalue weighted by Crippen LogP contribution is -2.29. The van der Waals surface area contributed by atoms with E-state index in [0.717, 1.165) is 58.8 Å². The number of nitrogens with zero attached hydrogens (tertiary/aromatic N) is 3. The van der Waals surface area contributed by atoms with Gasteiger partial charge in [-0.3, -0.25) is 9.59 Å². The molecule has 0 radical (unpaired) electrons. The molecular formula is C38H37N5O4S. The van der Waals surface area contributed by atoms with Crippen molar-refractivity contribution >= 4 is 41.0 Å². The predicted octanol–water partition coefficient (Wildman–Crippen LogP) is 7.41. The molecule has 4 N–H and O–H groups in total. The lowest BCUT2D eigenvalue weighted by Gasteiger charge is -2.30. The minimum atomic E-state index is -1.19. The lowest BCUT2D eigenvalue weighted by atomic mass is 10.1. The van der Waals surface area contributed by atoms with Crippen molar-refractivity contribution in [2.45, 2.75) is 42.6 Å². The van der Waals surface area contributed by atoms with Gasteiger partial charge in [0, 0.05) is 64.2 Å². The first-order chi connectivity index (χ1) is 23.4. The molecule has 1 aliphatic heterocycles. The van der Waals surface area contributed by atoms with Crippen molar-refractivity contribution < 1.29 is 19.8 Å². The number of amides is 1. The number of aliphatic hydroxyl groups excluding tert-OH is 1. The lowest BCUT2D eigenvalue weighted by molar-refractivity contribution is -0.136. The van der Waals surface area contributed by atoms with Crippen LogP contribution < -0.4 is 15.5 Å². The van der Waals surface area contributed by atoms with Crippen LogP contribution in [0.25, 0.3) is 11.1 Å². The number of thioether (sulfide) groups is 1. The highest BCUT2D eigenvalue weighted by atomic mass is 32.2. The van der Waals surface area contributed by atoms with Gasteiger partial charge in [0.15, 0.2) is 6.23 Å². The van der Waals surface area contributed by atoms with Gasteiger partial charge in [-0.25, -0.2) is 9.97 Å². The van der Waals surface area contributed by atoms with Crippen molar-refractivity contribution in [1.29, 1.82) is 0 Å². The van der Waals surface area contributed by atoms with Gasteiger partial charge >= 0.3 is 5.97 Å². The molecule has 0 spiro atoms. The number of hydrogen-bond acceptors (Lipinski definition) is 8. The molecule has 4 aromatic carbocycles. The van der Waals surface area contributed by atoms with Gasteiger partial charge in [0.25, 0.3) is 5.91 Å². The van der Waals surface area contributed by atoms with Crippen LogP contribution in [0.2, 0.25) is 0 Å². The van der Waals surface area contributed by atoms with Gasteiger partial charge in [-0.2, -0.15) is 0 Å². The Morgan fingerprint density at radius 2 is 1.56 bits per heavy atom. The Morgan fingerprint density at radius 3 is 2.33 bits per heavy atom. The molecule has 1 aliphatic rings. The molecule has 2 heterocycles. The molecule has 1 saturated heterocycles. The molecule has 6 rings (SSSR count). The summed E-state index contributed by atoms with van der Waals surface area (Å²) in [5.74, 6) is -0.289. The van der Waals surface area contributed by atoms with E-state index in [4.69, 9.17) is 5.11 Å². The molecule has 9 nitrogen and oxygen atoms in total. The zero-order chi connectivity index (χ0) is 33.3. The number of rotatable bonds is 12. The molecule has 1 fully saturated rings. The van der Waals surface area contributed by atoms with E-state index < -0.39 is 12.2 Å². The summed E-state index contributed by atoms with van der Waals surface area (Å²) in [4.78, 5) is 36.8. The van der Waals surface area contributed by atoms with Crippen molar-refractivity contribution in [2.24, 2.45) is 0 Å². The van der Waals surface area contributed by atoms with Crippen molar-refractivity contribution in [1.82, 2.24) is 9.97 Å². The minimum Gasteiger partial charge on any atom is -0.481 e. The van der Waals surface area contributed by atoms with Gasteiger partial charge in [-0.15, -0.1) is 11.8 Å². The molecule has 0 saturated carbocycles. The van der Waals surface area contributed by atoms with Gasteiger partial charge in [0.2, 0.25) is 5.95 Å². The number of hydrogen-bond donors (Lipinski definition) is 4. The van der Waals surface area contributed by atoms with E-state index in [1.807, 2.05) is 84.9 Å². The average Bonchev–Trinajstić information content (AvgIpc) is 3.12. The maximum absolute atomic E-state index is 13.6. The Labute approximate surface area is 284 Å². The Bertz CT molecular complexity index is 1860. The number of aromatic nitrogens is 2. The topological polar surface area (TPSA) is 128 Å². The highest BCUT2D eigenvalue weighted by Gasteiger charge is 2.20. The highest BCUT2D eigenvalue weighted by Crippen LogP contribution is 2.31. The summed E-state index contributed by atoms with van der Waals surface area (Å²) < 4.78 is 0. The normalized spacial score (nSPS) is 13.5. The Morgan fingerprint density at radius 1 is 0.812 bits per heavy atom. The fraction of sp³-hybridized carbons (Fsp3) is 0.211. The number of carboxylic acids is 1. The van der Waals surface area contributed by atoms with Gasteiger partial charge in [0.05, 0.1) is 6.42 Å². The monoisotopic (exact) mass is 659 g/mol. The molecule has 5 aromatic rings. The van der Waals surface area contributed by atoms with Crippen LogP contribution in [-0.2, 0) is 17.0 Å². The van der Waals surface area contributed by atoms with Crippen LogP contribution in [0.4, 0.5) is 17.3 Å². The quantitative estimate of drug-likeness (QED) is 0.0800. The van der Waals surface area contributed by atoms with Crippen LogP contribution >= 0.6 is 11.8 Å². The third-order valence-electron chi connectivity index (χ3n) is 8.17. The molecule has 1 atom stereocenters. The van der Waals surface area contributed by atoms with Crippen LogP contribution in [0.15, 0.2) is 114 Å². The summed E-state index contributed by atoms with van der Waals surface area (Å²) in [6.45, 7) is 1.88. The number of aliphatic hydroxyl groups is 1. The van der Waals surface area contributed by atoms with Gasteiger partial charge in [0.1, 0.15) is 0 Å². The molecule has 48 heavy (non-hydrogen) atoms. The van der Waals surface area contributed by atoms with Gasteiger partial charge < -0.3 is 25.7 Å². The fourth-order valence-electron chi connectivity index (χ4n) is 5.70. The van der Waals surface area contributed by atoms with Crippen molar-refractivity contribution in [3.05, 3.63) is 132 Å². The second-order valence-electron chi connectivity index (χ2n) is 11.7. The maximum atomic E-state index is 13.6. The second kappa shape index (κ2) is 15.6. The van der Waals surface area contributed by atoms with E-state index in [-0.39, 0.29) is 18.3 Å². The molecule has 1 amide bonds. The number of carbonyl (C=O) groups is 2. The summed E-state index contributed by atoms with van der Waals surface area (Å²) in [5, 5.41) is 26.6. The second-order valence-corrected chi connectivity index (χ2v) is 12.7. The molecule has 0 bridgehead atoms. The molecule has 0 aliphatic carbocycles. The average molecular weight is 660 g/mol. The third kappa shape index (κ3) is 8.58. The number of nitrogens with one attached hydrogen (secondary N) is 2. The number of anilines is 3. The fourth-order valence-corrected chi connectivity index (χ4v) is 6.63. The standard InChI is InChI=1S/C38H37N5O4S/c44-35(45)21-26-9-8-14-32(20-26)48-25-27-10-7-13-29(19-27)36(46)41-34-16-15-31(43-17-5-2-6-18-43)22-33(34)37(47)42-38-39-23-30(24-40-38)28-11-3-1-4-12-28/h1,3-4,7-16,19-20,22-24,37,47H,2,5-6,17-18,21,25H2,(H,41,46)(H,44,45)(H,39,40,42). The van der Waals surface area contributed by atoms with E-state index in [1.54, 1.807) is 36.3 Å². The summed E-state index contributed by atoms with van der Waals surface area (Å²) >= 11 is 1.58. The van der Waals surface area contributed by atoms with E-state index in [1.165, 1.54) is 6.42 Å². The predicted molar refractivity (Wildman–Crippen MR) is 190 cm³/mol. The van der Waals surface area contributed by atoms with Crippen LogP contribution in [-0.4, -0.2) is 45.1 Å². The number of piperidine rings is 1. The molecule has 1 unspecified atom stereocenters. The number of benzene rings is 4. The molecule has 10 heteroatoms. The van der Waals surface area contributed by atoms with Crippen LogP contribution in [0, 0.1) is 0 Å². The van der Waals surface area contributed by atoms with Crippen LogP contribution in [0.5, 0.6) is 0 Å². The Balaban J connectivity index is 1.18. The highest BCUT2D eigenvalue weighted by molar-refractivity contribution is 7.98. The first-order valence-corrected chi connectivity index (χ1v) is 16.9. The Hall–Kier alpha value is -5.19. The summed E-state index contributed by atoms with van der Waals surface area (Å²) in [7, 11) is 0. The van der Waals surface area contributed by atoms with Gasteiger partial charge in [-0.1, -0.05) is 54.6 Å². The van der Waals surface area contributed by atoms with E-state index in [0.29, 0.717) is 22.6 Å². The van der Waals surface area contributed by atoms with E-state index in [9.17, 15) is 14.7 Å².